The number of anilines is 2. The van der Waals surface area contributed by atoms with Crippen LogP contribution in [-0.2, 0) is 15.6 Å². The molecule has 3 N–H and O–H groups in total. The molecule has 2 atom stereocenters. The highest BCUT2D eigenvalue weighted by molar-refractivity contribution is 7.89. The van der Waals surface area contributed by atoms with Crippen molar-refractivity contribution in [2.45, 2.75) is 36.6 Å². The Morgan fingerprint density at radius 2 is 1.81 bits per heavy atom. The highest BCUT2D eigenvalue weighted by atomic mass is 32.2. The number of benzene rings is 1. The molecule has 7 nitrogen and oxygen atoms in total. The van der Waals surface area contributed by atoms with Crippen molar-refractivity contribution in [2.24, 2.45) is 0 Å². The van der Waals surface area contributed by atoms with Gasteiger partial charge in [0.05, 0.1) is 0 Å². The minimum absolute atomic E-state index is 0.0158. The number of piperazine rings is 1. The summed E-state index contributed by atoms with van der Waals surface area (Å²) in [5.41, 5.74) is 2.84. The first-order chi connectivity index (χ1) is 14.9. The van der Waals surface area contributed by atoms with Gasteiger partial charge >= 0.3 is 6.18 Å². The first-order valence-corrected chi connectivity index (χ1v) is 11.1. The third kappa shape index (κ3) is 4.53. The van der Waals surface area contributed by atoms with Crippen molar-refractivity contribution in [3.05, 3.63) is 48.2 Å². The molecule has 172 valence electrons. The molecule has 0 unspecified atom stereocenters. The fourth-order valence-corrected chi connectivity index (χ4v) is 4.79. The molecule has 1 aliphatic heterocycles. The minimum atomic E-state index is -4.82. The molecular formula is C21H23F3N4O3S. The predicted octanol–water partition coefficient (Wildman–Crippen LogP) is 2.34. The number of sulfonamides is 1. The molecule has 1 fully saturated rings. The van der Waals surface area contributed by atoms with E-state index in [1.165, 1.54) is 46.9 Å². The zero-order chi connectivity index (χ0) is 23.7. The average Bonchev–Trinajstić information content (AvgIpc) is 2.73. The Hall–Kier alpha value is -2.81. The topological polar surface area (TPSA) is 99.8 Å². The Labute approximate surface area is 184 Å². The Bertz CT molecular complexity index is 1120. The molecule has 0 radical (unpaired) electrons. The summed E-state index contributed by atoms with van der Waals surface area (Å²) in [5.74, 6) is 5.96. The van der Waals surface area contributed by atoms with E-state index in [9.17, 15) is 26.7 Å². The highest BCUT2D eigenvalue weighted by Gasteiger charge is 2.51. The van der Waals surface area contributed by atoms with E-state index in [0.29, 0.717) is 12.6 Å². The number of hydrogen-bond donors (Lipinski definition) is 2. The van der Waals surface area contributed by atoms with Gasteiger partial charge < -0.3 is 15.7 Å². The van der Waals surface area contributed by atoms with E-state index < -0.39 is 27.8 Å². The number of aromatic nitrogens is 1. The number of rotatable bonds is 4. The van der Waals surface area contributed by atoms with Crippen LogP contribution in [0.4, 0.5) is 24.7 Å². The summed E-state index contributed by atoms with van der Waals surface area (Å²) < 4.78 is 66.6. The number of hydrogen-bond acceptors (Lipinski definition) is 6. The van der Waals surface area contributed by atoms with Gasteiger partial charge in [-0.15, -0.1) is 5.92 Å². The summed E-state index contributed by atoms with van der Waals surface area (Å²) in [6.07, 6.45) is -3.62. The van der Waals surface area contributed by atoms with E-state index in [0.717, 1.165) is 0 Å². The summed E-state index contributed by atoms with van der Waals surface area (Å²) in [4.78, 5) is 5.68. The van der Waals surface area contributed by atoms with Gasteiger partial charge in [0.2, 0.25) is 10.0 Å². The standard InChI is InChI=1S/C21H23F3N4O3S/c1-3-4-17-14-27(32(30,31)18-9-10-19(25)26-13-18)11-12-28(17)16-7-5-15(6-8-16)20(2,29)21(22,23)24/h5-10,13,17,29H,11-12,14H2,1-2H3,(H2,25,26)/t17-,20-/m0/s1. The van der Waals surface area contributed by atoms with Gasteiger partial charge in [-0.25, -0.2) is 13.4 Å². The third-order valence-corrected chi connectivity index (χ3v) is 7.21. The number of pyridine rings is 1. The van der Waals surface area contributed by atoms with Crippen molar-refractivity contribution in [1.29, 1.82) is 0 Å². The van der Waals surface area contributed by atoms with E-state index in [1.807, 2.05) is 4.90 Å². The normalized spacial score (nSPS) is 19.7. The molecule has 0 spiro atoms. The highest BCUT2D eigenvalue weighted by Crippen LogP contribution is 2.39. The smallest absolute Gasteiger partial charge is 0.384 e. The predicted molar refractivity (Wildman–Crippen MR) is 114 cm³/mol. The van der Waals surface area contributed by atoms with Crippen molar-refractivity contribution in [1.82, 2.24) is 9.29 Å². The number of alkyl halides is 3. The third-order valence-electron chi connectivity index (χ3n) is 5.36. The Balaban J connectivity index is 1.84. The first-order valence-electron chi connectivity index (χ1n) is 9.68. The Morgan fingerprint density at radius 3 is 2.34 bits per heavy atom. The summed E-state index contributed by atoms with van der Waals surface area (Å²) in [5, 5.41) is 9.86. The van der Waals surface area contributed by atoms with Gasteiger partial charge in [-0.2, -0.15) is 17.5 Å². The monoisotopic (exact) mass is 468 g/mol. The molecule has 1 aromatic heterocycles. The molecule has 0 aliphatic carbocycles. The summed E-state index contributed by atoms with van der Waals surface area (Å²) in [6, 6.07) is 7.63. The van der Waals surface area contributed by atoms with E-state index in [-0.39, 0.29) is 35.9 Å². The summed E-state index contributed by atoms with van der Waals surface area (Å²) >= 11 is 0. The molecule has 2 heterocycles. The molecular weight excluding hydrogens is 445 g/mol. The molecule has 3 rings (SSSR count). The zero-order valence-corrected chi connectivity index (χ0v) is 18.3. The number of nitrogen functional groups attached to an aromatic ring is 1. The van der Waals surface area contributed by atoms with Crippen molar-refractivity contribution < 1.29 is 26.7 Å². The van der Waals surface area contributed by atoms with Crippen molar-refractivity contribution >= 4 is 21.5 Å². The van der Waals surface area contributed by atoms with Crippen LogP contribution in [0.1, 0.15) is 19.4 Å². The van der Waals surface area contributed by atoms with Gasteiger partial charge in [-0.3, -0.25) is 0 Å². The van der Waals surface area contributed by atoms with Crippen LogP contribution in [0, 0.1) is 11.8 Å². The molecule has 32 heavy (non-hydrogen) atoms. The van der Waals surface area contributed by atoms with E-state index >= 15 is 0 Å². The maximum Gasteiger partial charge on any atom is 0.421 e. The quantitative estimate of drug-likeness (QED) is 0.669. The number of nitrogens with zero attached hydrogens (tertiary/aromatic N) is 3. The van der Waals surface area contributed by atoms with Crippen LogP contribution in [0.25, 0.3) is 0 Å². The van der Waals surface area contributed by atoms with Gasteiger partial charge in [-0.05, 0) is 43.7 Å². The lowest BCUT2D eigenvalue weighted by Crippen LogP contribution is -2.54. The second-order valence-electron chi connectivity index (χ2n) is 7.50. The van der Waals surface area contributed by atoms with Crippen LogP contribution in [0.15, 0.2) is 47.5 Å². The second kappa shape index (κ2) is 8.61. The molecule has 1 saturated heterocycles. The van der Waals surface area contributed by atoms with E-state index in [2.05, 4.69) is 16.8 Å². The lowest BCUT2D eigenvalue weighted by molar-refractivity contribution is -0.258. The van der Waals surface area contributed by atoms with Gasteiger partial charge in [-0.1, -0.05) is 18.1 Å². The summed E-state index contributed by atoms with van der Waals surface area (Å²) in [7, 11) is -3.82. The largest absolute Gasteiger partial charge is 0.421 e. The van der Waals surface area contributed by atoms with E-state index in [1.54, 1.807) is 6.92 Å². The van der Waals surface area contributed by atoms with Gasteiger partial charge in [0.1, 0.15) is 16.8 Å². The zero-order valence-electron chi connectivity index (χ0n) is 17.5. The Morgan fingerprint density at radius 1 is 1.16 bits per heavy atom. The Kier molecular flexibility index (Phi) is 6.42. The molecule has 2 aromatic rings. The first kappa shape index (κ1) is 23.8. The van der Waals surface area contributed by atoms with Crippen LogP contribution >= 0.6 is 0 Å². The van der Waals surface area contributed by atoms with Crippen molar-refractivity contribution in [3.8, 4) is 11.8 Å². The molecule has 1 aromatic carbocycles. The van der Waals surface area contributed by atoms with Crippen LogP contribution < -0.4 is 10.6 Å². The molecule has 11 heteroatoms. The van der Waals surface area contributed by atoms with Crippen molar-refractivity contribution in [3.63, 3.8) is 0 Å². The second-order valence-corrected chi connectivity index (χ2v) is 9.44. The maximum atomic E-state index is 13.1. The molecule has 0 saturated carbocycles. The molecule has 0 amide bonds. The van der Waals surface area contributed by atoms with Gasteiger partial charge in [0, 0.05) is 31.5 Å². The lowest BCUT2D eigenvalue weighted by atomic mass is 9.95. The number of halogens is 3. The fourth-order valence-electron chi connectivity index (χ4n) is 3.41. The average molecular weight is 469 g/mol. The SMILES string of the molecule is CC#C[C@H]1CN(S(=O)(=O)c2ccc(N)nc2)CCN1c1ccc([C@](C)(O)C(F)(F)F)cc1. The fraction of sp³-hybridized carbons (Fsp3) is 0.381. The maximum absolute atomic E-state index is 13.1. The van der Waals surface area contributed by atoms with E-state index in [4.69, 9.17) is 5.73 Å². The minimum Gasteiger partial charge on any atom is -0.384 e. The van der Waals surface area contributed by atoms with Gasteiger partial charge in [0.15, 0.2) is 5.60 Å². The lowest BCUT2D eigenvalue weighted by Gasteiger charge is -2.40. The van der Waals surface area contributed by atoms with Crippen LogP contribution in [0.3, 0.4) is 0 Å². The molecule has 1 aliphatic rings. The van der Waals surface area contributed by atoms with Crippen molar-refractivity contribution in [2.75, 3.05) is 30.3 Å². The number of aliphatic hydroxyl groups is 1. The van der Waals surface area contributed by atoms with Gasteiger partial charge in [0.25, 0.3) is 0 Å². The van der Waals surface area contributed by atoms with Crippen LogP contribution in [0.2, 0.25) is 0 Å². The molecule has 0 bridgehead atoms. The number of nitrogens with two attached hydrogens (primary N) is 1. The van der Waals surface area contributed by atoms with Crippen LogP contribution in [-0.4, -0.2) is 54.7 Å². The van der Waals surface area contributed by atoms with Crippen LogP contribution in [0.5, 0.6) is 0 Å². The summed E-state index contributed by atoms with van der Waals surface area (Å²) in [6.45, 7) is 2.81.